The summed E-state index contributed by atoms with van der Waals surface area (Å²) >= 11 is 3.21. The Balaban J connectivity index is 1.43. The molecular weight excluding hydrogens is 352 g/mol. The maximum atomic E-state index is 12.3. The van der Waals surface area contributed by atoms with Gasteiger partial charge in [0.1, 0.15) is 5.01 Å². The summed E-state index contributed by atoms with van der Waals surface area (Å²) in [4.78, 5) is 18.0. The van der Waals surface area contributed by atoms with Crippen LogP contribution in [0.1, 0.15) is 5.69 Å². The highest BCUT2D eigenvalue weighted by Crippen LogP contribution is 2.28. The van der Waals surface area contributed by atoms with Crippen molar-refractivity contribution < 1.29 is 4.79 Å². The van der Waals surface area contributed by atoms with E-state index in [2.05, 4.69) is 20.5 Å². The Labute approximate surface area is 152 Å². The predicted octanol–water partition coefficient (Wildman–Crippen LogP) is 4.44. The molecule has 2 N–H and O–H groups in total. The van der Waals surface area contributed by atoms with Crippen LogP contribution in [0.5, 0.6) is 0 Å². The van der Waals surface area contributed by atoms with E-state index in [4.69, 9.17) is 0 Å². The Morgan fingerprint density at radius 2 is 2.12 bits per heavy atom. The molecule has 25 heavy (non-hydrogen) atoms. The number of thiazole rings is 1. The molecule has 3 heterocycles. The molecular formula is C18H14N4OS2. The van der Waals surface area contributed by atoms with Crippen LogP contribution < -0.4 is 5.32 Å². The van der Waals surface area contributed by atoms with E-state index in [1.807, 2.05) is 53.2 Å². The number of carbonyl (C=O) groups is 1. The van der Waals surface area contributed by atoms with Crippen molar-refractivity contribution in [3.8, 4) is 21.1 Å². The van der Waals surface area contributed by atoms with Gasteiger partial charge in [0.15, 0.2) is 0 Å². The van der Waals surface area contributed by atoms with Gasteiger partial charge in [0.2, 0.25) is 5.91 Å². The van der Waals surface area contributed by atoms with E-state index in [0.29, 0.717) is 0 Å². The molecule has 4 rings (SSSR count). The smallest absolute Gasteiger partial charge is 0.230 e. The molecule has 0 aliphatic rings. The van der Waals surface area contributed by atoms with Crippen molar-refractivity contribution in [3.63, 3.8) is 0 Å². The van der Waals surface area contributed by atoms with E-state index in [9.17, 15) is 4.79 Å². The number of nitrogens with zero attached hydrogens (tertiary/aromatic N) is 2. The molecule has 0 saturated heterocycles. The van der Waals surface area contributed by atoms with Crippen LogP contribution in [0.15, 0.2) is 59.4 Å². The third kappa shape index (κ3) is 3.67. The standard InChI is InChI=1S/C18H14N4OS2/c23-17(10-14-11-25-18(21-14)16-5-2-8-24-16)20-13-4-1-3-12(9-13)15-6-7-19-22-15/h1-9,11H,10H2,(H,19,22)(H,20,23). The Morgan fingerprint density at radius 1 is 1.16 bits per heavy atom. The lowest BCUT2D eigenvalue weighted by Gasteiger charge is -2.06. The van der Waals surface area contributed by atoms with Gasteiger partial charge < -0.3 is 5.32 Å². The molecule has 124 valence electrons. The normalized spacial score (nSPS) is 10.7. The number of rotatable bonds is 5. The zero-order valence-corrected chi connectivity index (χ0v) is 14.7. The molecule has 0 radical (unpaired) electrons. The zero-order valence-electron chi connectivity index (χ0n) is 13.1. The lowest BCUT2D eigenvalue weighted by atomic mass is 10.1. The summed E-state index contributed by atoms with van der Waals surface area (Å²) in [6, 6.07) is 13.6. The van der Waals surface area contributed by atoms with Crippen molar-refractivity contribution in [2.75, 3.05) is 5.32 Å². The fraction of sp³-hybridized carbons (Fsp3) is 0.0556. The van der Waals surface area contributed by atoms with Gasteiger partial charge in [0, 0.05) is 22.8 Å². The quantitative estimate of drug-likeness (QED) is 0.548. The van der Waals surface area contributed by atoms with E-state index in [-0.39, 0.29) is 12.3 Å². The van der Waals surface area contributed by atoms with Crippen molar-refractivity contribution in [3.05, 3.63) is 65.1 Å². The van der Waals surface area contributed by atoms with Crippen LogP contribution in [0.4, 0.5) is 5.69 Å². The predicted molar refractivity (Wildman–Crippen MR) is 102 cm³/mol. The third-order valence-corrected chi connectivity index (χ3v) is 5.51. The van der Waals surface area contributed by atoms with Gasteiger partial charge in [-0.3, -0.25) is 9.89 Å². The average molecular weight is 366 g/mol. The lowest BCUT2D eigenvalue weighted by Crippen LogP contribution is -2.14. The topological polar surface area (TPSA) is 70.7 Å². The van der Waals surface area contributed by atoms with Crippen LogP contribution in [-0.4, -0.2) is 21.1 Å². The van der Waals surface area contributed by atoms with Crippen LogP contribution >= 0.6 is 22.7 Å². The van der Waals surface area contributed by atoms with E-state index < -0.39 is 0 Å². The Kier molecular flexibility index (Phi) is 4.41. The third-order valence-electron chi connectivity index (χ3n) is 3.58. The molecule has 0 atom stereocenters. The molecule has 1 amide bonds. The van der Waals surface area contributed by atoms with Gasteiger partial charge in [-0.1, -0.05) is 18.2 Å². The van der Waals surface area contributed by atoms with E-state index in [1.54, 1.807) is 28.9 Å². The number of anilines is 1. The number of hydrogen-bond acceptors (Lipinski definition) is 5. The number of aromatic amines is 1. The molecule has 0 spiro atoms. The first kappa shape index (κ1) is 15.7. The van der Waals surface area contributed by atoms with Crippen LogP contribution in [0.3, 0.4) is 0 Å². The van der Waals surface area contributed by atoms with Crippen molar-refractivity contribution in [2.45, 2.75) is 6.42 Å². The Hall–Kier alpha value is -2.77. The number of nitrogens with one attached hydrogen (secondary N) is 2. The van der Waals surface area contributed by atoms with Crippen LogP contribution in [0.2, 0.25) is 0 Å². The van der Waals surface area contributed by atoms with Crippen LogP contribution in [-0.2, 0) is 11.2 Å². The van der Waals surface area contributed by atoms with Crippen molar-refractivity contribution in [1.82, 2.24) is 15.2 Å². The van der Waals surface area contributed by atoms with Crippen LogP contribution in [0, 0.1) is 0 Å². The highest BCUT2D eigenvalue weighted by atomic mass is 32.1. The highest BCUT2D eigenvalue weighted by molar-refractivity contribution is 7.20. The number of benzene rings is 1. The Morgan fingerprint density at radius 3 is 2.92 bits per heavy atom. The molecule has 1 aromatic carbocycles. The van der Waals surface area contributed by atoms with Gasteiger partial charge in [0.25, 0.3) is 0 Å². The first-order chi connectivity index (χ1) is 12.3. The summed E-state index contributed by atoms with van der Waals surface area (Å²) in [6.07, 6.45) is 1.96. The zero-order chi connectivity index (χ0) is 17.1. The van der Waals surface area contributed by atoms with Gasteiger partial charge in [-0.15, -0.1) is 22.7 Å². The van der Waals surface area contributed by atoms with Crippen molar-refractivity contribution in [2.24, 2.45) is 0 Å². The second-order valence-corrected chi connectivity index (χ2v) is 7.20. The minimum Gasteiger partial charge on any atom is -0.326 e. The van der Waals surface area contributed by atoms with Gasteiger partial charge >= 0.3 is 0 Å². The number of carbonyl (C=O) groups excluding carboxylic acids is 1. The number of aromatic nitrogens is 3. The largest absolute Gasteiger partial charge is 0.326 e. The Bertz CT molecular complexity index is 974. The summed E-state index contributed by atoms with van der Waals surface area (Å²) < 4.78 is 0. The fourth-order valence-electron chi connectivity index (χ4n) is 2.45. The second kappa shape index (κ2) is 7.00. The highest BCUT2D eigenvalue weighted by Gasteiger charge is 2.10. The van der Waals surface area contributed by atoms with Crippen molar-refractivity contribution >= 4 is 34.3 Å². The summed E-state index contributed by atoms with van der Waals surface area (Å²) in [5.41, 5.74) is 3.43. The van der Waals surface area contributed by atoms with Gasteiger partial charge in [0.05, 0.1) is 22.7 Å². The second-order valence-electron chi connectivity index (χ2n) is 5.40. The first-order valence-electron chi connectivity index (χ1n) is 7.66. The monoisotopic (exact) mass is 366 g/mol. The van der Waals surface area contributed by atoms with Crippen molar-refractivity contribution in [1.29, 1.82) is 0 Å². The molecule has 0 aliphatic heterocycles. The van der Waals surface area contributed by atoms with Gasteiger partial charge in [-0.05, 0) is 29.6 Å². The molecule has 0 bridgehead atoms. The molecule has 4 aromatic rings. The number of H-pyrrole nitrogens is 1. The van der Waals surface area contributed by atoms with E-state index in [1.165, 1.54) is 0 Å². The van der Waals surface area contributed by atoms with Gasteiger partial charge in [-0.25, -0.2) is 4.98 Å². The average Bonchev–Trinajstić information content (AvgIpc) is 3.37. The summed E-state index contributed by atoms with van der Waals surface area (Å²) in [5.74, 6) is -0.0789. The van der Waals surface area contributed by atoms with E-state index in [0.717, 1.165) is 32.5 Å². The molecule has 3 aromatic heterocycles. The number of thiophene rings is 1. The molecule has 0 unspecified atom stereocenters. The summed E-state index contributed by atoms with van der Waals surface area (Å²) in [5, 5.41) is 14.7. The van der Waals surface area contributed by atoms with Crippen LogP contribution in [0.25, 0.3) is 21.1 Å². The maximum Gasteiger partial charge on any atom is 0.230 e. The minimum atomic E-state index is -0.0789. The SMILES string of the molecule is O=C(Cc1csc(-c2cccs2)n1)Nc1cccc(-c2ccn[nH]2)c1. The molecule has 0 saturated carbocycles. The molecule has 0 fully saturated rings. The molecule has 0 aliphatic carbocycles. The van der Waals surface area contributed by atoms with E-state index >= 15 is 0 Å². The lowest BCUT2D eigenvalue weighted by molar-refractivity contribution is -0.115. The number of amides is 1. The minimum absolute atomic E-state index is 0.0789. The summed E-state index contributed by atoms with van der Waals surface area (Å²) in [6.45, 7) is 0. The summed E-state index contributed by atoms with van der Waals surface area (Å²) in [7, 11) is 0. The van der Waals surface area contributed by atoms with Gasteiger partial charge in [-0.2, -0.15) is 5.10 Å². The maximum absolute atomic E-state index is 12.3. The molecule has 7 heteroatoms. The fourth-order valence-corrected chi connectivity index (χ4v) is 4.09. The number of hydrogen-bond donors (Lipinski definition) is 2. The first-order valence-corrected chi connectivity index (χ1v) is 9.42. The molecule has 5 nitrogen and oxygen atoms in total.